The zero-order valence-electron chi connectivity index (χ0n) is 11.4. The minimum absolute atomic E-state index is 0.257. The molecule has 0 spiro atoms. The average Bonchev–Trinajstić information content (AvgIpc) is 2.39. The van der Waals surface area contributed by atoms with Gasteiger partial charge in [0.15, 0.2) is 0 Å². The molecule has 0 saturated heterocycles. The van der Waals surface area contributed by atoms with E-state index in [0.29, 0.717) is 11.3 Å². The Hall–Kier alpha value is -2.49. The molecule has 0 aliphatic heterocycles. The second-order valence-corrected chi connectivity index (χ2v) is 4.53. The zero-order valence-corrected chi connectivity index (χ0v) is 11.4. The van der Waals surface area contributed by atoms with E-state index in [1.54, 1.807) is 18.2 Å². The highest BCUT2D eigenvalue weighted by atomic mass is 16.7. The summed E-state index contributed by atoms with van der Waals surface area (Å²) in [5.74, 6) is 1.07. The number of rotatable bonds is 4. The number of carboxylic acid groups (broad SMARTS) is 1. The molecule has 0 fully saturated rings. The van der Waals surface area contributed by atoms with Crippen molar-refractivity contribution >= 4 is 6.16 Å². The molecule has 0 bridgehead atoms. The monoisotopic (exact) mass is 272 g/mol. The van der Waals surface area contributed by atoms with E-state index in [9.17, 15) is 4.79 Å². The van der Waals surface area contributed by atoms with Crippen LogP contribution in [0.2, 0.25) is 0 Å². The number of para-hydroxylation sites is 1. The third-order valence-corrected chi connectivity index (χ3v) is 2.88. The van der Waals surface area contributed by atoms with Gasteiger partial charge < -0.3 is 14.6 Å². The van der Waals surface area contributed by atoms with Crippen molar-refractivity contribution < 1.29 is 19.4 Å². The van der Waals surface area contributed by atoms with Gasteiger partial charge in [-0.15, -0.1) is 0 Å². The van der Waals surface area contributed by atoms with Crippen LogP contribution in [0.25, 0.3) is 0 Å². The van der Waals surface area contributed by atoms with Crippen molar-refractivity contribution in [3.05, 3.63) is 59.2 Å². The number of ether oxygens (including phenoxy) is 2. The summed E-state index contributed by atoms with van der Waals surface area (Å²) in [5, 5.41) is 8.69. The molecule has 104 valence electrons. The fourth-order valence-electron chi connectivity index (χ4n) is 1.93. The molecular weight excluding hydrogens is 256 g/mol. The molecule has 2 aromatic carbocycles. The van der Waals surface area contributed by atoms with Crippen molar-refractivity contribution in [2.24, 2.45) is 0 Å². The summed E-state index contributed by atoms with van der Waals surface area (Å²) in [6.07, 6.45) is -1.33. The lowest BCUT2D eigenvalue weighted by atomic mass is 10.1. The maximum Gasteiger partial charge on any atom is 0.511 e. The van der Waals surface area contributed by atoms with Gasteiger partial charge in [-0.25, -0.2) is 4.79 Å². The van der Waals surface area contributed by atoms with Crippen LogP contribution < -0.4 is 9.47 Å². The topological polar surface area (TPSA) is 55.8 Å². The van der Waals surface area contributed by atoms with Gasteiger partial charge in [-0.05, 0) is 31.5 Å². The molecule has 2 rings (SSSR count). The van der Waals surface area contributed by atoms with E-state index in [-0.39, 0.29) is 6.61 Å². The van der Waals surface area contributed by atoms with Gasteiger partial charge in [0, 0.05) is 5.56 Å². The highest BCUT2D eigenvalue weighted by Crippen LogP contribution is 2.23. The van der Waals surface area contributed by atoms with Gasteiger partial charge >= 0.3 is 6.16 Å². The minimum Gasteiger partial charge on any atom is -0.488 e. The van der Waals surface area contributed by atoms with E-state index in [0.717, 1.165) is 11.3 Å². The predicted octanol–water partition coefficient (Wildman–Crippen LogP) is 3.94. The molecule has 2 aromatic rings. The maximum absolute atomic E-state index is 10.6. The van der Waals surface area contributed by atoms with Crippen molar-refractivity contribution in [3.8, 4) is 11.5 Å². The van der Waals surface area contributed by atoms with Crippen LogP contribution in [0, 0.1) is 13.8 Å². The molecule has 1 N–H and O–H groups in total. The Balaban J connectivity index is 2.12. The first-order valence-corrected chi connectivity index (χ1v) is 6.25. The first-order chi connectivity index (χ1) is 9.56. The number of hydrogen-bond acceptors (Lipinski definition) is 3. The molecule has 0 aromatic heterocycles. The molecule has 0 heterocycles. The number of carbonyl (C=O) groups is 1. The van der Waals surface area contributed by atoms with Crippen LogP contribution in [0.15, 0.2) is 42.5 Å². The molecule has 4 heteroatoms. The van der Waals surface area contributed by atoms with Gasteiger partial charge in [0.2, 0.25) is 0 Å². The van der Waals surface area contributed by atoms with Gasteiger partial charge in [0.05, 0.1) is 0 Å². The number of hydrogen-bond donors (Lipinski definition) is 1. The molecule has 0 aliphatic rings. The third kappa shape index (κ3) is 3.51. The summed E-state index contributed by atoms with van der Waals surface area (Å²) in [6, 6.07) is 12.8. The Labute approximate surface area is 117 Å². The lowest BCUT2D eigenvalue weighted by Crippen LogP contribution is -2.07. The fraction of sp³-hybridized carbons (Fsp3) is 0.188. The van der Waals surface area contributed by atoms with Crippen molar-refractivity contribution in [1.29, 1.82) is 0 Å². The highest BCUT2D eigenvalue weighted by molar-refractivity contribution is 5.62. The van der Waals surface area contributed by atoms with E-state index in [1.807, 2.05) is 38.1 Å². The van der Waals surface area contributed by atoms with Crippen LogP contribution in [0.1, 0.15) is 16.7 Å². The number of aryl methyl sites for hydroxylation is 2. The van der Waals surface area contributed by atoms with E-state index in [4.69, 9.17) is 14.6 Å². The van der Waals surface area contributed by atoms with E-state index >= 15 is 0 Å². The van der Waals surface area contributed by atoms with E-state index in [1.165, 1.54) is 5.56 Å². The molecule has 0 aliphatic carbocycles. The Morgan fingerprint density at radius 3 is 2.55 bits per heavy atom. The normalized spacial score (nSPS) is 10.1. The summed E-state index contributed by atoms with van der Waals surface area (Å²) in [6.45, 7) is 4.25. The Bertz CT molecular complexity index is 620. The summed E-state index contributed by atoms with van der Waals surface area (Å²) in [4.78, 5) is 10.6. The quantitative estimate of drug-likeness (QED) is 0.676. The third-order valence-electron chi connectivity index (χ3n) is 2.88. The summed E-state index contributed by atoms with van der Waals surface area (Å²) >= 11 is 0. The second-order valence-electron chi connectivity index (χ2n) is 4.53. The molecule has 0 unspecified atom stereocenters. The Morgan fingerprint density at radius 1 is 1.10 bits per heavy atom. The van der Waals surface area contributed by atoms with Crippen molar-refractivity contribution in [2.75, 3.05) is 0 Å². The summed E-state index contributed by atoms with van der Waals surface area (Å²) in [5.41, 5.74) is 2.90. The van der Waals surface area contributed by atoms with Crippen LogP contribution in [0.3, 0.4) is 0 Å². The van der Waals surface area contributed by atoms with Crippen LogP contribution >= 0.6 is 0 Å². The van der Waals surface area contributed by atoms with E-state index in [2.05, 4.69) is 0 Å². The Kier molecular flexibility index (Phi) is 4.25. The smallest absolute Gasteiger partial charge is 0.488 e. The first-order valence-electron chi connectivity index (χ1n) is 6.25. The number of benzene rings is 2. The molecule has 0 atom stereocenters. The lowest BCUT2D eigenvalue weighted by Gasteiger charge is -2.12. The van der Waals surface area contributed by atoms with Crippen molar-refractivity contribution in [1.82, 2.24) is 0 Å². The molecule has 20 heavy (non-hydrogen) atoms. The molecule has 0 amide bonds. The average molecular weight is 272 g/mol. The SMILES string of the molecule is Cc1ccc(OCc2ccccc2OC(=O)O)c(C)c1. The highest BCUT2D eigenvalue weighted by Gasteiger charge is 2.08. The van der Waals surface area contributed by atoms with Crippen LogP contribution in [-0.2, 0) is 6.61 Å². The maximum atomic E-state index is 10.6. The standard InChI is InChI=1S/C16H16O4/c1-11-7-8-14(12(2)9-11)19-10-13-5-3-4-6-15(13)20-16(17)18/h3-9H,10H2,1-2H3,(H,17,18). The van der Waals surface area contributed by atoms with Crippen LogP contribution in [-0.4, -0.2) is 11.3 Å². The van der Waals surface area contributed by atoms with Gasteiger partial charge in [-0.2, -0.15) is 0 Å². The van der Waals surface area contributed by atoms with Gasteiger partial charge in [0.1, 0.15) is 18.1 Å². The van der Waals surface area contributed by atoms with E-state index < -0.39 is 6.16 Å². The van der Waals surface area contributed by atoms with Crippen molar-refractivity contribution in [2.45, 2.75) is 20.5 Å². The molecule has 0 saturated carbocycles. The first kappa shape index (κ1) is 13.9. The fourth-order valence-corrected chi connectivity index (χ4v) is 1.93. The molecule has 0 radical (unpaired) electrons. The second kappa shape index (κ2) is 6.10. The molecular formula is C16H16O4. The summed E-state index contributed by atoms with van der Waals surface area (Å²) in [7, 11) is 0. The van der Waals surface area contributed by atoms with Gasteiger partial charge in [-0.3, -0.25) is 0 Å². The van der Waals surface area contributed by atoms with Crippen LogP contribution in [0.5, 0.6) is 11.5 Å². The minimum atomic E-state index is -1.33. The van der Waals surface area contributed by atoms with Gasteiger partial charge in [-0.1, -0.05) is 35.9 Å². The lowest BCUT2D eigenvalue weighted by molar-refractivity contribution is 0.143. The molecule has 4 nitrogen and oxygen atoms in total. The summed E-state index contributed by atoms with van der Waals surface area (Å²) < 4.78 is 10.4. The zero-order chi connectivity index (χ0) is 14.5. The Morgan fingerprint density at radius 2 is 1.85 bits per heavy atom. The van der Waals surface area contributed by atoms with Crippen molar-refractivity contribution in [3.63, 3.8) is 0 Å². The van der Waals surface area contributed by atoms with Crippen LogP contribution in [0.4, 0.5) is 4.79 Å². The largest absolute Gasteiger partial charge is 0.511 e. The van der Waals surface area contributed by atoms with Gasteiger partial charge in [0.25, 0.3) is 0 Å². The predicted molar refractivity (Wildman–Crippen MR) is 75.3 cm³/mol.